The summed E-state index contributed by atoms with van der Waals surface area (Å²) in [4.78, 5) is 15.2. The number of carboxylic acids is 1. The van der Waals surface area contributed by atoms with E-state index in [0.29, 0.717) is 17.1 Å². The Morgan fingerprint density at radius 2 is 2.00 bits per heavy atom. The minimum absolute atomic E-state index is 0.0312. The Morgan fingerprint density at radius 1 is 1.36 bits per heavy atom. The topological polar surface area (TPSA) is 55.1 Å². The number of aromatic nitrogens is 2. The maximum atomic E-state index is 12.7. The molecule has 1 aromatic heterocycles. The molecule has 1 N–H and O–H groups in total. The molecule has 0 saturated carbocycles. The highest BCUT2D eigenvalue weighted by atomic mass is 35.5. The number of aryl methyl sites for hydroxylation is 1. The number of hydrogen-bond acceptors (Lipinski definition) is 2. The standard InChI is InChI=1S/C16H15Cl2F3N2O2/c1-8(15(24)25)5-13-14(18)22-9(2)23(13)7-10-3-4-11(6-12(10)17)16(19,20)21/h3-4,6,8H,5,7H2,1-2H3,(H,24,25). The molecule has 0 spiro atoms. The summed E-state index contributed by atoms with van der Waals surface area (Å²) in [6, 6.07) is 3.11. The van der Waals surface area contributed by atoms with E-state index < -0.39 is 23.6 Å². The number of rotatable bonds is 5. The second-order valence-corrected chi connectivity index (χ2v) is 6.50. The molecule has 1 aromatic carbocycles. The van der Waals surface area contributed by atoms with Crippen LogP contribution in [0.25, 0.3) is 0 Å². The Labute approximate surface area is 152 Å². The molecule has 0 amide bonds. The van der Waals surface area contributed by atoms with E-state index in [0.717, 1.165) is 12.1 Å². The van der Waals surface area contributed by atoms with Crippen LogP contribution in [0.15, 0.2) is 18.2 Å². The number of imidazole rings is 1. The van der Waals surface area contributed by atoms with Crippen LogP contribution >= 0.6 is 23.2 Å². The minimum Gasteiger partial charge on any atom is -0.481 e. The molecule has 0 saturated heterocycles. The average Bonchev–Trinajstić information content (AvgIpc) is 2.74. The number of alkyl halides is 3. The summed E-state index contributed by atoms with van der Waals surface area (Å²) in [7, 11) is 0. The van der Waals surface area contributed by atoms with Crippen molar-refractivity contribution in [2.45, 2.75) is 33.0 Å². The summed E-state index contributed by atoms with van der Waals surface area (Å²) in [5.74, 6) is -1.14. The molecule has 1 atom stereocenters. The van der Waals surface area contributed by atoms with E-state index in [1.807, 2.05) is 0 Å². The van der Waals surface area contributed by atoms with Crippen molar-refractivity contribution in [3.8, 4) is 0 Å². The highest BCUT2D eigenvalue weighted by Crippen LogP contribution is 2.33. The van der Waals surface area contributed by atoms with Crippen molar-refractivity contribution in [2.24, 2.45) is 5.92 Å². The third-order valence-corrected chi connectivity index (χ3v) is 4.50. The number of aliphatic carboxylic acids is 1. The SMILES string of the molecule is Cc1nc(Cl)c(CC(C)C(=O)O)n1Cc1ccc(C(F)(F)F)cc1Cl. The summed E-state index contributed by atoms with van der Waals surface area (Å²) < 4.78 is 39.9. The van der Waals surface area contributed by atoms with Crippen molar-refractivity contribution in [3.63, 3.8) is 0 Å². The van der Waals surface area contributed by atoms with E-state index in [1.54, 1.807) is 11.5 Å². The van der Waals surface area contributed by atoms with Gasteiger partial charge in [-0.15, -0.1) is 0 Å². The third kappa shape index (κ3) is 4.46. The molecule has 1 unspecified atom stereocenters. The van der Waals surface area contributed by atoms with Crippen molar-refractivity contribution in [3.05, 3.63) is 51.0 Å². The quantitative estimate of drug-likeness (QED) is 0.789. The van der Waals surface area contributed by atoms with Gasteiger partial charge in [0.05, 0.1) is 23.7 Å². The van der Waals surface area contributed by atoms with Gasteiger partial charge in [0.25, 0.3) is 0 Å². The fourth-order valence-electron chi connectivity index (χ4n) is 2.38. The summed E-state index contributed by atoms with van der Waals surface area (Å²) in [6.07, 6.45) is -4.33. The molecule has 0 aliphatic carbocycles. The van der Waals surface area contributed by atoms with Crippen LogP contribution in [-0.4, -0.2) is 20.6 Å². The molecule has 0 aliphatic heterocycles. The predicted octanol–water partition coefficient (Wildman–Crippen LogP) is 4.83. The number of benzene rings is 1. The smallest absolute Gasteiger partial charge is 0.416 e. The zero-order valence-electron chi connectivity index (χ0n) is 13.4. The fourth-order valence-corrected chi connectivity index (χ4v) is 2.92. The molecule has 2 aromatic rings. The van der Waals surface area contributed by atoms with Crippen LogP contribution in [-0.2, 0) is 23.9 Å². The molecular weight excluding hydrogens is 380 g/mol. The maximum absolute atomic E-state index is 12.7. The predicted molar refractivity (Wildman–Crippen MR) is 88.0 cm³/mol. The van der Waals surface area contributed by atoms with Crippen molar-refractivity contribution in [1.29, 1.82) is 0 Å². The first-order chi connectivity index (χ1) is 11.5. The Morgan fingerprint density at radius 3 is 2.52 bits per heavy atom. The van der Waals surface area contributed by atoms with Gasteiger partial charge in [0.15, 0.2) is 5.15 Å². The lowest BCUT2D eigenvalue weighted by Crippen LogP contribution is -2.16. The first kappa shape index (κ1) is 19.6. The van der Waals surface area contributed by atoms with Crippen LogP contribution in [0.2, 0.25) is 10.2 Å². The summed E-state index contributed by atoms with van der Waals surface area (Å²) in [6.45, 7) is 3.36. The number of nitrogens with zero attached hydrogens (tertiary/aromatic N) is 2. The lowest BCUT2D eigenvalue weighted by atomic mass is 10.1. The highest BCUT2D eigenvalue weighted by molar-refractivity contribution is 6.31. The first-order valence-electron chi connectivity index (χ1n) is 7.30. The van der Waals surface area contributed by atoms with Gasteiger partial charge in [-0.25, -0.2) is 4.98 Å². The van der Waals surface area contributed by atoms with Gasteiger partial charge in [-0.1, -0.05) is 36.2 Å². The molecule has 1 heterocycles. The molecule has 2 rings (SSSR count). The van der Waals surface area contributed by atoms with Crippen LogP contribution in [0.1, 0.15) is 29.6 Å². The van der Waals surface area contributed by atoms with E-state index in [9.17, 15) is 18.0 Å². The zero-order valence-corrected chi connectivity index (χ0v) is 14.9. The fraction of sp³-hybridized carbons (Fsp3) is 0.375. The van der Waals surface area contributed by atoms with E-state index in [4.69, 9.17) is 28.3 Å². The maximum Gasteiger partial charge on any atom is 0.416 e. The molecule has 0 fully saturated rings. The van der Waals surface area contributed by atoms with Crippen LogP contribution < -0.4 is 0 Å². The number of carboxylic acid groups (broad SMARTS) is 1. The van der Waals surface area contributed by atoms with E-state index in [1.165, 1.54) is 13.0 Å². The van der Waals surface area contributed by atoms with Gasteiger partial charge < -0.3 is 9.67 Å². The number of halogens is 5. The molecule has 0 aliphatic rings. The number of hydrogen-bond donors (Lipinski definition) is 1. The lowest BCUT2D eigenvalue weighted by Gasteiger charge is -2.15. The molecule has 9 heteroatoms. The van der Waals surface area contributed by atoms with Crippen molar-refractivity contribution >= 4 is 29.2 Å². The van der Waals surface area contributed by atoms with Gasteiger partial charge in [0.1, 0.15) is 5.82 Å². The monoisotopic (exact) mass is 394 g/mol. The summed E-state index contributed by atoms with van der Waals surface area (Å²) in [5.41, 5.74) is 0.127. The molecule has 136 valence electrons. The Kier molecular flexibility index (Phi) is 5.68. The van der Waals surface area contributed by atoms with Gasteiger partial charge in [-0.2, -0.15) is 13.2 Å². The lowest BCUT2D eigenvalue weighted by molar-refractivity contribution is -0.141. The first-order valence-corrected chi connectivity index (χ1v) is 8.06. The summed E-state index contributed by atoms with van der Waals surface area (Å²) in [5, 5.41) is 9.22. The number of carbonyl (C=O) groups is 1. The molecule has 0 bridgehead atoms. The molecule has 0 radical (unpaired) electrons. The zero-order chi connectivity index (χ0) is 18.9. The van der Waals surface area contributed by atoms with Crippen LogP contribution in [0.3, 0.4) is 0 Å². The molecular formula is C16H15Cl2F3N2O2. The van der Waals surface area contributed by atoms with Gasteiger partial charge in [-0.3, -0.25) is 4.79 Å². The van der Waals surface area contributed by atoms with Crippen LogP contribution in [0.5, 0.6) is 0 Å². The van der Waals surface area contributed by atoms with Crippen LogP contribution in [0.4, 0.5) is 13.2 Å². The highest BCUT2D eigenvalue weighted by Gasteiger charge is 2.31. The minimum atomic E-state index is -4.47. The van der Waals surface area contributed by atoms with Gasteiger partial charge >= 0.3 is 12.1 Å². The molecule has 25 heavy (non-hydrogen) atoms. The summed E-state index contributed by atoms with van der Waals surface area (Å²) >= 11 is 12.1. The normalized spacial score (nSPS) is 13.1. The molecule has 4 nitrogen and oxygen atoms in total. The van der Waals surface area contributed by atoms with Gasteiger partial charge in [0.2, 0.25) is 0 Å². The van der Waals surface area contributed by atoms with Crippen molar-refractivity contribution < 1.29 is 23.1 Å². The Hall–Kier alpha value is -1.73. The Bertz CT molecular complexity index is 803. The second-order valence-electron chi connectivity index (χ2n) is 5.73. The van der Waals surface area contributed by atoms with Gasteiger partial charge in [0, 0.05) is 11.4 Å². The largest absolute Gasteiger partial charge is 0.481 e. The average molecular weight is 395 g/mol. The van der Waals surface area contributed by atoms with E-state index in [-0.39, 0.29) is 23.1 Å². The van der Waals surface area contributed by atoms with Gasteiger partial charge in [-0.05, 0) is 24.6 Å². The third-order valence-electron chi connectivity index (χ3n) is 3.84. The van der Waals surface area contributed by atoms with Crippen molar-refractivity contribution in [1.82, 2.24) is 9.55 Å². The van der Waals surface area contributed by atoms with E-state index in [2.05, 4.69) is 4.98 Å². The van der Waals surface area contributed by atoms with E-state index >= 15 is 0 Å². The Balaban J connectivity index is 2.36. The van der Waals surface area contributed by atoms with Crippen molar-refractivity contribution in [2.75, 3.05) is 0 Å². The second kappa shape index (κ2) is 7.25. The van der Waals surface area contributed by atoms with Crippen LogP contribution in [0, 0.1) is 12.8 Å².